The van der Waals surface area contributed by atoms with Crippen LogP contribution in [0.3, 0.4) is 0 Å². The number of nitrogens with zero attached hydrogens (tertiary/aromatic N) is 3. The fourth-order valence-electron chi connectivity index (χ4n) is 4.15. The van der Waals surface area contributed by atoms with Crippen LogP contribution in [0.4, 0.5) is 10.6 Å². The Labute approximate surface area is 120 Å². The van der Waals surface area contributed by atoms with E-state index in [9.17, 15) is 9.59 Å². The lowest BCUT2D eigenvalue weighted by Crippen LogP contribution is -2.40. The molecule has 2 bridgehead atoms. The quantitative estimate of drug-likeness (QED) is 0.752. The zero-order valence-electron chi connectivity index (χ0n) is 11.2. The summed E-state index contributed by atoms with van der Waals surface area (Å²) in [5, 5.41) is 4.66. The monoisotopic (exact) mass is 283 g/mol. The van der Waals surface area contributed by atoms with Gasteiger partial charge in [-0.05, 0) is 37.3 Å². The van der Waals surface area contributed by atoms with Gasteiger partial charge < -0.3 is 9.42 Å². The third-order valence-electron chi connectivity index (χ3n) is 5.04. The van der Waals surface area contributed by atoms with Crippen LogP contribution in [0.25, 0.3) is 11.0 Å². The maximum atomic E-state index is 12.7. The van der Waals surface area contributed by atoms with Crippen molar-refractivity contribution < 1.29 is 14.1 Å². The molecule has 1 aromatic carbocycles. The number of anilines is 1. The normalized spacial score (nSPS) is 30.8. The number of carbonyl (C=O) groups is 2. The third kappa shape index (κ3) is 1.25. The van der Waals surface area contributed by atoms with Crippen LogP contribution >= 0.6 is 0 Å². The largest absolute Gasteiger partial charge is 0.354 e. The Hall–Kier alpha value is -2.37. The maximum absolute atomic E-state index is 12.7. The summed E-state index contributed by atoms with van der Waals surface area (Å²) >= 11 is 0. The molecule has 2 aromatic rings. The number of aromatic nitrogens is 1. The summed E-state index contributed by atoms with van der Waals surface area (Å²) < 4.78 is 5.23. The standard InChI is InChI=1S/C15H13N3O3/c19-14-12-8-5-6-9(7-8)17(12)15(20)18(14)13-10-3-1-2-4-11(10)21-16-13/h1-4,8-9,12H,5-7H2/t8?,9?,12-/m0/s1. The molecule has 6 heteroatoms. The summed E-state index contributed by atoms with van der Waals surface area (Å²) in [7, 11) is 0. The molecular formula is C15H13N3O3. The predicted molar refractivity (Wildman–Crippen MR) is 73.6 cm³/mol. The molecule has 1 aromatic heterocycles. The molecule has 0 spiro atoms. The van der Waals surface area contributed by atoms with Crippen LogP contribution in [0, 0.1) is 5.92 Å². The van der Waals surface area contributed by atoms with E-state index in [1.165, 1.54) is 4.90 Å². The van der Waals surface area contributed by atoms with Gasteiger partial charge in [0.15, 0.2) is 11.4 Å². The number of carbonyl (C=O) groups excluding carboxylic acids is 2. The number of piperidine rings is 1. The summed E-state index contributed by atoms with van der Waals surface area (Å²) in [6.07, 6.45) is 3.02. The van der Waals surface area contributed by atoms with E-state index >= 15 is 0 Å². The molecule has 2 aliphatic heterocycles. The molecule has 3 atom stereocenters. The van der Waals surface area contributed by atoms with Gasteiger partial charge in [0.05, 0.1) is 5.39 Å². The number of benzene rings is 1. The van der Waals surface area contributed by atoms with E-state index in [2.05, 4.69) is 5.16 Å². The Bertz CT molecular complexity index is 755. The second-order valence-corrected chi connectivity index (χ2v) is 6.04. The summed E-state index contributed by atoms with van der Waals surface area (Å²) in [6.45, 7) is 0. The molecule has 2 saturated heterocycles. The van der Waals surface area contributed by atoms with Gasteiger partial charge >= 0.3 is 6.03 Å². The molecule has 1 aliphatic carbocycles. The number of urea groups is 1. The van der Waals surface area contributed by atoms with E-state index in [0.717, 1.165) is 19.3 Å². The van der Waals surface area contributed by atoms with E-state index < -0.39 is 0 Å². The molecule has 0 N–H and O–H groups in total. The maximum Gasteiger partial charge on any atom is 0.333 e. The SMILES string of the molecule is O=C1[C@@H]2C3CCC(C3)N2C(=O)N1c1noc2ccccc12. The van der Waals surface area contributed by atoms with Crippen molar-refractivity contribution in [3.8, 4) is 0 Å². The van der Waals surface area contributed by atoms with Crippen LogP contribution in [0.2, 0.25) is 0 Å². The molecular weight excluding hydrogens is 270 g/mol. The van der Waals surface area contributed by atoms with Crippen molar-refractivity contribution >= 4 is 28.7 Å². The Morgan fingerprint density at radius 2 is 2.05 bits per heavy atom. The molecule has 6 nitrogen and oxygen atoms in total. The smallest absolute Gasteiger partial charge is 0.333 e. The first kappa shape index (κ1) is 11.3. The van der Waals surface area contributed by atoms with Crippen molar-refractivity contribution in [3.05, 3.63) is 24.3 Å². The highest BCUT2D eigenvalue weighted by molar-refractivity contribution is 6.23. The Morgan fingerprint density at radius 1 is 1.19 bits per heavy atom. The summed E-state index contributed by atoms with van der Waals surface area (Å²) in [4.78, 5) is 28.4. The highest BCUT2D eigenvalue weighted by Crippen LogP contribution is 2.47. The van der Waals surface area contributed by atoms with Gasteiger partial charge in [0, 0.05) is 6.04 Å². The van der Waals surface area contributed by atoms with E-state index in [0.29, 0.717) is 22.7 Å². The molecule has 3 heterocycles. The summed E-state index contributed by atoms with van der Waals surface area (Å²) in [6, 6.07) is 6.98. The lowest BCUT2D eigenvalue weighted by Gasteiger charge is -2.25. The van der Waals surface area contributed by atoms with Crippen molar-refractivity contribution in [2.24, 2.45) is 5.92 Å². The van der Waals surface area contributed by atoms with Crippen LogP contribution in [-0.2, 0) is 4.79 Å². The molecule has 3 amide bonds. The number of para-hydroxylation sites is 1. The number of hydrogen-bond donors (Lipinski definition) is 0. The van der Waals surface area contributed by atoms with E-state index in [-0.39, 0.29) is 24.0 Å². The number of imide groups is 1. The minimum absolute atomic E-state index is 0.147. The van der Waals surface area contributed by atoms with Gasteiger partial charge in [-0.25, -0.2) is 9.69 Å². The van der Waals surface area contributed by atoms with Crippen LogP contribution in [0.1, 0.15) is 19.3 Å². The van der Waals surface area contributed by atoms with E-state index in [1.807, 2.05) is 18.2 Å². The number of hydrogen-bond acceptors (Lipinski definition) is 4. The van der Waals surface area contributed by atoms with Crippen LogP contribution < -0.4 is 4.90 Å². The summed E-state index contributed by atoms with van der Waals surface area (Å²) in [5.41, 5.74) is 0.586. The zero-order valence-corrected chi connectivity index (χ0v) is 11.2. The zero-order chi connectivity index (χ0) is 14.1. The van der Waals surface area contributed by atoms with Gasteiger partial charge in [-0.1, -0.05) is 17.3 Å². The fraction of sp³-hybridized carbons (Fsp3) is 0.400. The van der Waals surface area contributed by atoms with Gasteiger partial charge in [0.25, 0.3) is 5.91 Å². The first-order valence-electron chi connectivity index (χ1n) is 7.26. The van der Waals surface area contributed by atoms with Crippen molar-refractivity contribution in [2.45, 2.75) is 31.3 Å². The average molecular weight is 283 g/mol. The Kier molecular flexibility index (Phi) is 1.96. The van der Waals surface area contributed by atoms with Crippen LogP contribution in [0.5, 0.6) is 0 Å². The topological polar surface area (TPSA) is 66.7 Å². The molecule has 2 unspecified atom stereocenters. The minimum Gasteiger partial charge on any atom is -0.354 e. The van der Waals surface area contributed by atoms with E-state index in [1.54, 1.807) is 11.0 Å². The molecule has 1 saturated carbocycles. The van der Waals surface area contributed by atoms with Gasteiger partial charge in [-0.3, -0.25) is 4.79 Å². The lowest BCUT2D eigenvalue weighted by molar-refractivity contribution is -0.120. The van der Waals surface area contributed by atoms with Gasteiger partial charge in [-0.2, -0.15) is 0 Å². The molecule has 3 aliphatic rings. The number of rotatable bonds is 1. The van der Waals surface area contributed by atoms with E-state index in [4.69, 9.17) is 4.52 Å². The van der Waals surface area contributed by atoms with Crippen LogP contribution in [-0.4, -0.2) is 34.1 Å². The van der Waals surface area contributed by atoms with Crippen LogP contribution in [0.15, 0.2) is 28.8 Å². The lowest BCUT2D eigenvalue weighted by atomic mass is 9.99. The number of amides is 3. The van der Waals surface area contributed by atoms with Crippen molar-refractivity contribution in [1.82, 2.24) is 10.1 Å². The Balaban J connectivity index is 1.64. The first-order chi connectivity index (χ1) is 10.3. The van der Waals surface area contributed by atoms with Gasteiger partial charge in [-0.15, -0.1) is 0 Å². The molecule has 3 fully saturated rings. The van der Waals surface area contributed by atoms with Gasteiger partial charge in [0.1, 0.15) is 6.04 Å². The highest BCUT2D eigenvalue weighted by atomic mass is 16.5. The molecule has 21 heavy (non-hydrogen) atoms. The molecule has 5 rings (SSSR count). The number of fused-ring (bicyclic) bond motifs is 6. The highest BCUT2D eigenvalue weighted by Gasteiger charge is 2.59. The Morgan fingerprint density at radius 3 is 2.90 bits per heavy atom. The predicted octanol–water partition coefficient (Wildman–Crippen LogP) is 2.15. The average Bonchev–Trinajstić information content (AvgIpc) is 3.23. The second kappa shape index (κ2) is 3.63. The summed E-state index contributed by atoms with van der Waals surface area (Å²) in [5.74, 6) is 0.496. The van der Waals surface area contributed by atoms with Crippen molar-refractivity contribution in [1.29, 1.82) is 0 Å². The van der Waals surface area contributed by atoms with Crippen molar-refractivity contribution in [3.63, 3.8) is 0 Å². The molecule has 106 valence electrons. The van der Waals surface area contributed by atoms with Crippen molar-refractivity contribution in [2.75, 3.05) is 4.90 Å². The van der Waals surface area contributed by atoms with Gasteiger partial charge in [0.2, 0.25) is 0 Å². The molecule has 0 radical (unpaired) electrons. The first-order valence-corrected chi connectivity index (χ1v) is 7.26. The minimum atomic E-state index is -0.285. The third-order valence-corrected chi connectivity index (χ3v) is 5.04. The fourth-order valence-corrected chi connectivity index (χ4v) is 4.15. The second-order valence-electron chi connectivity index (χ2n) is 6.04.